The first-order valence-corrected chi connectivity index (χ1v) is 10.4. The summed E-state index contributed by atoms with van der Waals surface area (Å²) in [6, 6.07) is 6.65. The van der Waals surface area contributed by atoms with E-state index in [1.54, 1.807) is 6.07 Å². The number of aromatic nitrogens is 1. The number of benzene rings is 1. The van der Waals surface area contributed by atoms with Crippen LogP contribution in [0.2, 0.25) is 5.02 Å². The zero-order valence-electron chi connectivity index (χ0n) is 16.4. The second-order valence-electron chi connectivity index (χ2n) is 7.60. The third kappa shape index (κ3) is 6.14. The largest absolute Gasteiger partial charge is 0.423 e. The molecule has 3 heterocycles. The summed E-state index contributed by atoms with van der Waals surface area (Å²) in [7, 11) is 0. The molecule has 2 aromatic rings. The van der Waals surface area contributed by atoms with E-state index in [2.05, 4.69) is 20.5 Å². The highest BCUT2D eigenvalue weighted by Crippen LogP contribution is 2.28. The Hall–Kier alpha value is -1.21. The van der Waals surface area contributed by atoms with E-state index in [-0.39, 0.29) is 36.6 Å². The first-order valence-electron chi connectivity index (χ1n) is 10.0. The van der Waals surface area contributed by atoms with E-state index in [1.165, 1.54) is 19.3 Å². The highest BCUT2D eigenvalue weighted by molar-refractivity contribution is 6.31. The molecule has 29 heavy (non-hydrogen) atoms. The van der Waals surface area contributed by atoms with E-state index in [0.29, 0.717) is 22.7 Å². The van der Waals surface area contributed by atoms with Crippen LogP contribution < -0.4 is 15.5 Å². The molecule has 1 unspecified atom stereocenters. The number of carbonyl (C=O) groups excluding carboxylic acids is 1. The van der Waals surface area contributed by atoms with Gasteiger partial charge in [-0.3, -0.25) is 4.79 Å². The zero-order chi connectivity index (χ0) is 18.6. The van der Waals surface area contributed by atoms with Crippen molar-refractivity contribution in [1.82, 2.24) is 15.6 Å². The number of amides is 1. The molecule has 0 spiro atoms. The van der Waals surface area contributed by atoms with Gasteiger partial charge in [0.15, 0.2) is 5.58 Å². The molecule has 1 aromatic carbocycles. The molecule has 2 saturated heterocycles. The normalized spacial score (nSPS) is 20.0. The van der Waals surface area contributed by atoms with Crippen molar-refractivity contribution in [2.45, 2.75) is 44.6 Å². The molecular formula is C20H29Cl3N4O2. The minimum atomic E-state index is 0. The molecule has 2 fully saturated rings. The number of nitrogens with one attached hydrogen (secondary N) is 2. The number of carbonyl (C=O) groups is 1. The molecule has 2 aliphatic heterocycles. The van der Waals surface area contributed by atoms with Crippen molar-refractivity contribution in [3.8, 4) is 0 Å². The lowest BCUT2D eigenvalue weighted by Crippen LogP contribution is -2.42. The van der Waals surface area contributed by atoms with Crippen molar-refractivity contribution in [2.24, 2.45) is 5.92 Å². The third-order valence-corrected chi connectivity index (χ3v) is 5.91. The number of oxazole rings is 1. The lowest BCUT2D eigenvalue weighted by Gasteiger charge is -2.30. The van der Waals surface area contributed by atoms with Gasteiger partial charge in [0.25, 0.3) is 6.01 Å². The predicted molar refractivity (Wildman–Crippen MR) is 122 cm³/mol. The number of hydrogen-bond donors (Lipinski definition) is 2. The Morgan fingerprint density at radius 2 is 2.03 bits per heavy atom. The Labute approximate surface area is 188 Å². The average molecular weight is 464 g/mol. The summed E-state index contributed by atoms with van der Waals surface area (Å²) < 4.78 is 5.84. The van der Waals surface area contributed by atoms with Crippen LogP contribution in [0.4, 0.5) is 6.01 Å². The van der Waals surface area contributed by atoms with Crippen LogP contribution in [0.25, 0.3) is 11.1 Å². The predicted octanol–water partition coefficient (Wildman–Crippen LogP) is 4.19. The zero-order valence-corrected chi connectivity index (χ0v) is 18.8. The molecule has 162 valence electrons. The number of rotatable bonds is 5. The van der Waals surface area contributed by atoms with Gasteiger partial charge in [0.2, 0.25) is 5.91 Å². The molecule has 0 saturated carbocycles. The summed E-state index contributed by atoms with van der Waals surface area (Å²) in [5, 5.41) is 7.30. The van der Waals surface area contributed by atoms with Crippen molar-refractivity contribution in [3.63, 3.8) is 0 Å². The van der Waals surface area contributed by atoms with Gasteiger partial charge >= 0.3 is 0 Å². The lowest BCUT2D eigenvalue weighted by atomic mass is 9.96. The van der Waals surface area contributed by atoms with Crippen LogP contribution in [0.1, 0.15) is 38.5 Å². The highest BCUT2D eigenvalue weighted by atomic mass is 35.5. The molecule has 4 rings (SSSR count). The first-order chi connectivity index (χ1) is 13.2. The number of hydrogen-bond acceptors (Lipinski definition) is 5. The number of nitrogens with zero attached hydrogens (tertiary/aromatic N) is 2. The Balaban J connectivity index is 0.00000150. The quantitative estimate of drug-likeness (QED) is 0.696. The molecule has 0 bridgehead atoms. The van der Waals surface area contributed by atoms with Crippen LogP contribution in [-0.2, 0) is 4.79 Å². The summed E-state index contributed by atoms with van der Waals surface area (Å²) >= 11 is 6.01. The fourth-order valence-electron chi connectivity index (χ4n) is 4.04. The Morgan fingerprint density at radius 1 is 1.24 bits per heavy atom. The van der Waals surface area contributed by atoms with Crippen LogP contribution in [0, 0.1) is 5.92 Å². The van der Waals surface area contributed by atoms with Gasteiger partial charge in [-0.2, -0.15) is 4.98 Å². The fraction of sp³-hybridized carbons (Fsp3) is 0.600. The smallest absolute Gasteiger partial charge is 0.298 e. The van der Waals surface area contributed by atoms with Crippen LogP contribution in [0.15, 0.2) is 22.6 Å². The molecule has 6 nitrogen and oxygen atoms in total. The Morgan fingerprint density at radius 3 is 2.76 bits per heavy atom. The van der Waals surface area contributed by atoms with Gasteiger partial charge in [-0.05, 0) is 50.8 Å². The van der Waals surface area contributed by atoms with Gasteiger partial charge in [0.05, 0.1) is 0 Å². The third-order valence-electron chi connectivity index (χ3n) is 5.68. The summed E-state index contributed by atoms with van der Waals surface area (Å²) in [6.07, 6.45) is 6.47. The molecule has 1 atom stereocenters. The van der Waals surface area contributed by atoms with Crippen LogP contribution >= 0.6 is 36.4 Å². The van der Waals surface area contributed by atoms with Crippen LogP contribution in [0.3, 0.4) is 0 Å². The molecule has 1 aromatic heterocycles. The van der Waals surface area contributed by atoms with Crippen molar-refractivity contribution < 1.29 is 9.21 Å². The summed E-state index contributed by atoms with van der Waals surface area (Å²) in [5.41, 5.74) is 1.51. The average Bonchev–Trinajstić information content (AvgIpc) is 3.12. The fourth-order valence-corrected chi connectivity index (χ4v) is 4.20. The number of fused-ring (bicyclic) bond motifs is 1. The molecule has 0 radical (unpaired) electrons. The topological polar surface area (TPSA) is 70.4 Å². The molecule has 2 aliphatic rings. The van der Waals surface area contributed by atoms with Gasteiger partial charge in [-0.15, -0.1) is 24.8 Å². The maximum absolute atomic E-state index is 12.5. The summed E-state index contributed by atoms with van der Waals surface area (Å²) in [5.74, 6) is 0.272. The Kier molecular flexibility index (Phi) is 9.34. The van der Waals surface area contributed by atoms with Crippen molar-refractivity contribution in [1.29, 1.82) is 0 Å². The van der Waals surface area contributed by atoms with Gasteiger partial charge in [0.1, 0.15) is 5.52 Å². The molecule has 9 heteroatoms. The van der Waals surface area contributed by atoms with E-state index in [1.807, 2.05) is 12.1 Å². The standard InChI is InChI=1S/C20H27ClN4O2.2ClH/c21-15-4-5-17-18(13-15)27-20(24-17)25-11-7-14(8-12-25)19(26)23-10-6-16-3-1-2-9-22-16;;/h4-5,13-14,16,22H,1-3,6-12H2,(H,23,26);2*1H. The maximum Gasteiger partial charge on any atom is 0.298 e. The second-order valence-corrected chi connectivity index (χ2v) is 8.03. The Bertz CT molecular complexity index is 787. The van der Waals surface area contributed by atoms with E-state index < -0.39 is 0 Å². The van der Waals surface area contributed by atoms with E-state index in [0.717, 1.165) is 51.0 Å². The van der Waals surface area contributed by atoms with Gasteiger partial charge in [-0.1, -0.05) is 18.0 Å². The molecular weight excluding hydrogens is 435 g/mol. The number of anilines is 1. The van der Waals surface area contributed by atoms with Gasteiger partial charge < -0.3 is 20.0 Å². The van der Waals surface area contributed by atoms with Crippen molar-refractivity contribution in [3.05, 3.63) is 23.2 Å². The number of piperidine rings is 2. The van der Waals surface area contributed by atoms with Crippen molar-refractivity contribution in [2.75, 3.05) is 31.1 Å². The highest BCUT2D eigenvalue weighted by Gasteiger charge is 2.27. The SMILES string of the molecule is Cl.Cl.O=C(NCCC1CCCCN1)C1CCN(c2nc3ccc(Cl)cc3o2)CC1. The van der Waals surface area contributed by atoms with Crippen LogP contribution in [0.5, 0.6) is 0 Å². The van der Waals surface area contributed by atoms with Crippen molar-refractivity contribution >= 4 is 59.4 Å². The number of halogens is 3. The minimum Gasteiger partial charge on any atom is -0.423 e. The van der Waals surface area contributed by atoms with Gasteiger partial charge in [-0.25, -0.2) is 0 Å². The minimum absolute atomic E-state index is 0. The molecule has 0 aliphatic carbocycles. The summed E-state index contributed by atoms with van der Waals surface area (Å²) in [4.78, 5) is 19.1. The van der Waals surface area contributed by atoms with E-state index in [4.69, 9.17) is 16.0 Å². The van der Waals surface area contributed by atoms with Crippen LogP contribution in [-0.4, -0.2) is 43.1 Å². The second kappa shape index (κ2) is 11.3. The summed E-state index contributed by atoms with van der Waals surface area (Å²) in [6.45, 7) is 3.44. The lowest BCUT2D eigenvalue weighted by molar-refractivity contribution is -0.125. The maximum atomic E-state index is 12.5. The monoisotopic (exact) mass is 462 g/mol. The van der Waals surface area contributed by atoms with E-state index in [9.17, 15) is 4.79 Å². The van der Waals surface area contributed by atoms with E-state index >= 15 is 0 Å². The molecule has 1 amide bonds. The molecule has 2 N–H and O–H groups in total. The first kappa shape index (κ1) is 24.1. The van der Waals surface area contributed by atoms with Gasteiger partial charge in [0, 0.05) is 42.7 Å².